The molecule has 0 aliphatic heterocycles. The largest absolute Gasteiger partial charge is 0.456 e. The van der Waals surface area contributed by atoms with E-state index in [1.165, 1.54) is 27.6 Å². The van der Waals surface area contributed by atoms with Crippen molar-refractivity contribution in [2.24, 2.45) is 0 Å². The van der Waals surface area contributed by atoms with Crippen molar-refractivity contribution in [3.8, 4) is 45.3 Å². The molecule has 1 aliphatic carbocycles. The Balaban J connectivity index is 1.31. The highest BCUT2D eigenvalue weighted by Crippen LogP contribution is 2.52. The van der Waals surface area contributed by atoms with Crippen LogP contribution >= 0.6 is 0 Å². The summed E-state index contributed by atoms with van der Waals surface area (Å²) in [4.78, 5) is 15.3. The van der Waals surface area contributed by atoms with Gasteiger partial charge in [-0.3, -0.25) is 0 Å². The zero-order valence-electron chi connectivity index (χ0n) is 24.4. The van der Waals surface area contributed by atoms with Crippen LogP contribution in [0.1, 0.15) is 25.0 Å². The van der Waals surface area contributed by atoms with Gasteiger partial charge >= 0.3 is 0 Å². The van der Waals surface area contributed by atoms with Gasteiger partial charge < -0.3 is 4.42 Å². The van der Waals surface area contributed by atoms with Gasteiger partial charge in [-0.05, 0) is 57.3 Å². The molecular formula is C40H27N3O. The number of rotatable bonds is 3. The standard InChI is InChI=1S/C40H27N3O/c1-40(2)32-18-10-8-17-30(32)36-29-16-7-6-14-26(29)31(23-33(36)40)39-42-37(24-12-4-3-5-13-24)41-38(43-39)25-20-21-28-27-15-9-11-19-34(27)44-35(28)22-25/h3-23H,1-2H3. The molecule has 2 aromatic heterocycles. The molecule has 4 heteroatoms. The van der Waals surface area contributed by atoms with Crippen LogP contribution in [0.25, 0.3) is 78.0 Å². The van der Waals surface area contributed by atoms with Crippen LogP contribution in [0.2, 0.25) is 0 Å². The van der Waals surface area contributed by atoms with Crippen LogP contribution in [0.5, 0.6) is 0 Å². The highest BCUT2D eigenvalue weighted by atomic mass is 16.3. The summed E-state index contributed by atoms with van der Waals surface area (Å²) in [7, 11) is 0. The van der Waals surface area contributed by atoms with Gasteiger partial charge in [-0.1, -0.05) is 117 Å². The molecule has 0 bridgehead atoms. The average Bonchev–Trinajstić information content (AvgIpc) is 3.56. The minimum atomic E-state index is -0.158. The first kappa shape index (κ1) is 24.9. The summed E-state index contributed by atoms with van der Waals surface area (Å²) in [5.74, 6) is 1.91. The van der Waals surface area contributed by atoms with Crippen molar-refractivity contribution in [2.75, 3.05) is 0 Å². The number of aromatic nitrogens is 3. The van der Waals surface area contributed by atoms with Gasteiger partial charge in [0.1, 0.15) is 11.2 Å². The van der Waals surface area contributed by atoms with Gasteiger partial charge in [-0.2, -0.15) is 0 Å². The van der Waals surface area contributed by atoms with Gasteiger partial charge in [0.05, 0.1) is 0 Å². The van der Waals surface area contributed by atoms with E-state index in [9.17, 15) is 0 Å². The number of benzene rings is 6. The second kappa shape index (κ2) is 9.19. The Morgan fingerprint density at radius 2 is 1.09 bits per heavy atom. The van der Waals surface area contributed by atoms with E-state index in [4.69, 9.17) is 19.4 Å². The van der Waals surface area contributed by atoms with Crippen LogP contribution in [0.4, 0.5) is 0 Å². The molecule has 9 rings (SSSR count). The number of hydrogen-bond acceptors (Lipinski definition) is 4. The van der Waals surface area contributed by atoms with Gasteiger partial charge in [0.25, 0.3) is 0 Å². The van der Waals surface area contributed by atoms with Crippen molar-refractivity contribution in [2.45, 2.75) is 19.3 Å². The summed E-state index contributed by atoms with van der Waals surface area (Å²) in [6, 6.07) is 44.2. The van der Waals surface area contributed by atoms with E-state index in [1.807, 2.05) is 54.6 Å². The monoisotopic (exact) mass is 565 g/mol. The van der Waals surface area contributed by atoms with E-state index in [2.05, 4.69) is 86.6 Å². The van der Waals surface area contributed by atoms with Gasteiger partial charge in [0.15, 0.2) is 17.5 Å². The SMILES string of the molecule is CC1(C)c2ccccc2-c2c1cc(-c1nc(-c3ccccc3)nc(-c3ccc4c(c3)oc3ccccc34)n1)c1ccccc21. The fraction of sp³-hybridized carbons (Fsp3) is 0.0750. The van der Waals surface area contributed by atoms with E-state index in [-0.39, 0.29) is 5.41 Å². The van der Waals surface area contributed by atoms with Crippen molar-refractivity contribution in [1.29, 1.82) is 0 Å². The molecule has 2 heterocycles. The second-order valence-electron chi connectivity index (χ2n) is 12.0. The lowest BCUT2D eigenvalue weighted by molar-refractivity contribution is 0.661. The van der Waals surface area contributed by atoms with Crippen LogP contribution in [0.15, 0.2) is 132 Å². The molecule has 4 nitrogen and oxygen atoms in total. The predicted molar refractivity (Wildman–Crippen MR) is 178 cm³/mol. The fourth-order valence-electron chi connectivity index (χ4n) is 6.94. The third kappa shape index (κ3) is 3.61. The van der Waals surface area contributed by atoms with Crippen molar-refractivity contribution in [3.05, 3.63) is 139 Å². The Bertz CT molecular complexity index is 2420. The lowest BCUT2D eigenvalue weighted by Crippen LogP contribution is -2.15. The number of nitrogens with zero attached hydrogens (tertiary/aromatic N) is 3. The van der Waals surface area contributed by atoms with E-state index in [1.54, 1.807) is 0 Å². The summed E-state index contributed by atoms with van der Waals surface area (Å²) < 4.78 is 6.23. The lowest BCUT2D eigenvalue weighted by Gasteiger charge is -2.22. The predicted octanol–water partition coefficient (Wildman–Crippen LogP) is 10.2. The Labute approximate surface area is 254 Å². The third-order valence-corrected chi connectivity index (χ3v) is 9.13. The maximum Gasteiger partial charge on any atom is 0.164 e. The Hall–Kier alpha value is -5.61. The molecule has 0 saturated carbocycles. The van der Waals surface area contributed by atoms with Crippen molar-refractivity contribution >= 4 is 32.7 Å². The summed E-state index contributed by atoms with van der Waals surface area (Å²) in [5.41, 5.74) is 9.60. The summed E-state index contributed by atoms with van der Waals surface area (Å²) >= 11 is 0. The first-order chi connectivity index (χ1) is 21.6. The number of fused-ring (bicyclic) bond motifs is 8. The van der Waals surface area contributed by atoms with Crippen LogP contribution in [-0.2, 0) is 5.41 Å². The lowest BCUT2D eigenvalue weighted by atomic mass is 9.81. The molecule has 0 amide bonds. The third-order valence-electron chi connectivity index (χ3n) is 9.13. The molecular weight excluding hydrogens is 538 g/mol. The molecule has 208 valence electrons. The highest BCUT2D eigenvalue weighted by Gasteiger charge is 2.37. The normalized spacial score (nSPS) is 13.4. The Morgan fingerprint density at radius 3 is 1.93 bits per heavy atom. The molecule has 0 atom stereocenters. The van der Waals surface area contributed by atoms with Crippen molar-refractivity contribution in [3.63, 3.8) is 0 Å². The second-order valence-corrected chi connectivity index (χ2v) is 12.0. The van der Waals surface area contributed by atoms with Gasteiger partial charge in [0.2, 0.25) is 0 Å². The topological polar surface area (TPSA) is 51.8 Å². The van der Waals surface area contributed by atoms with Crippen molar-refractivity contribution < 1.29 is 4.42 Å². The van der Waals surface area contributed by atoms with E-state index in [0.717, 1.165) is 44.0 Å². The molecule has 1 aliphatic rings. The van der Waals surface area contributed by atoms with Crippen LogP contribution < -0.4 is 0 Å². The van der Waals surface area contributed by atoms with Crippen molar-refractivity contribution in [1.82, 2.24) is 15.0 Å². The first-order valence-corrected chi connectivity index (χ1v) is 15.0. The zero-order chi connectivity index (χ0) is 29.4. The minimum Gasteiger partial charge on any atom is -0.456 e. The molecule has 0 spiro atoms. The number of para-hydroxylation sites is 1. The maximum atomic E-state index is 6.23. The van der Waals surface area contributed by atoms with E-state index in [0.29, 0.717) is 17.5 Å². The first-order valence-electron chi connectivity index (χ1n) is 15.0. The average molecular weight is 566 g/mol. The molecule has 0 fully saturated rings. The summed E-state index contributed by atoms with van der Waals surface area (Å²) in [6.07, 6.45) is 0. The molecule has 6 aromatic carbocycles. The molecule has 0 unspecified atom stereocenters. The smallest absolute Gasteiger partial charge is 0.164 e. The molecule has 0 N–H and O–H groups in total. The Kier molecular flexibility index (Phi) is 5.21. The quantitative estimate of drug-likeness (QED) is 0.214. The fourth-order valence-corrected chi connectivity index (χ4v) is 6.94. The van der Waals surface area contributed by atoms with Crippen LogP contribution in [-0.4, -0.2) is 15.0 Å². The summed E-state index contributed by atoms with van der Waals surface area (Å²) in [5, 5.41) is 4.52. The van der Waals surface area contributed by atoms with Gasteiger partial charge in [-0.15, -0.1) is 0 Å². The number of hydrogen-bond donors (Lipinski definition) is 0. The molecule has 0 radical (unpaired) electrons. The maximum absolute atomic E-state index is 6.23. The zero-order valence-corrected chi connectivity index (χ0v) is 24.4. The highest BCUT2D eigenvalue weighted by molar-refractivity contribution is 6.09. The molecule has 0 saturated heterocycles. The number of furan rings is 1. The Morgan fingerprint density at radius 1 is 0.455 bits per heavy atom. The molecule has 8 aromatic rings. The minimum absolute atomic E-state index is 0.158. The van der Waals surface area contributed by atoms with Crippen LogP contribution in [0.3, 0.4) is 0 Å². The van der Waals surface area contributed by atoms with Gasteiger partial charge in [0, 0.05) is 32.9 Å². The molecule has 44 heavy (non-hydrogen) atoms. The van der Waals surface area contributed by atoms with Crippen LogP contribution in [0, 0.1) is 0 Å². The van der Waals surface area contributed by atoms with E-state index >= 15 is 0 Å². The van der Waals surface area contributed by atoms with Gasteiger partial charge in [-0.25, -0.2) is 15.0 Å². The van der Waals surface area contributed by atoms with E-state index < -0.39 is 0 Å². The summed E-state index contributed by atoms with van der Waals surface area (Å²) in [6.45, 7) is 4.63.